The van der Waals surface area contributed by atoms with E-state index in [0.717, 1.165) is 5.56 Å². The molecule has 0 radical (unpaired) electrons. The van der Waals surface area contributed by atoms with Crippen molar-refractivity contribution in [1.82, 2.24) is 9.80 Å². The van der Waals surface area contributed by atoms with Crippen LogP contribution in [0, 0.1) is 0 Å². The first kappa shape index (κ1) is 21.6. The summed E-state index contributed by atoms with van der Waals surface area (Å²) >= 11 is 0. The molecular formula is C22H26N2O6. The Kier molecular flexibility index (Phi) is 7.26. The molecular weight excluding hydrogens is 388 g/mol. The number of rotatable bonds is 8. The van der Waals surface area contributed by atoms with E-state index in [0.29, 0.717) is 31.7 Å². The van der Waals surface area contributed by atoms with Gasteiger partial charge in [0.1, 0.15) is 17.6 Å². The Morgan fingerprint density at radius 1 is 1.13 bits per heavy atom. The standard InChI is InChI=1S/C22H26N2O6/c1-29-21(27)14-23(10-16-6-2-4-8-19(16)25)12-18-13-24(15-22(28)30-18)11-17-7-3-5-9-20(17)26/h2-9,18,25-26H,10-15H2,1H3. The lowest BCUT2D eigenvalue weighted by molar-refractivity contribution is -0.160. The lowest BCUT2D eigenvalue weighted by Crippen LogP contribution is -2.50. The number of hydrogen-bond donors (Lipinski definition) is 2. The second-order valence-corrected chi connectivity index (χ2v) is 7.28. The number of morpholine rings is 1. The summed E-state index contributed by atoms with van der Waals surface area (Å²) in [6.07, 6.45) is -0.465. The monoisotopic (exact) mass is 414 g/mol. The Balaban J connectivity index is 1.69. The summed E-state index contributed by atoms with van der Waals surface area (Å²) in [7, 11) is 1.31. The van der Waals surface area contributed by atoms with E-state index < -0.39 is 12.1 Å². The molecule has 1 saturated heterocycles. The first-order chi connectivity index (χ1) is 14.4. The molecule has 2 aromatic rings. The molecule has 1 unspecified atom stereocenters. The molecule has 1 atom stereocenters. The zero-order chi connectivity index (χ0) is 21.5. The smallest absolute Gasteiger partial charge is 0.320 e. The van der Waals surface area contributed by atoms with E-state index in [9.17, 15) is 19.8 Å². The maximum absolute atomic E-state index is 12.2. The molecule has 3 rings (SSSR count). The quantitative estimate of drug-likeness (QED) is 0.627. The summed E-state index contributed by atoms with van der Waals surface area (Å²) in [5, 5.41) is 20.1. The van der Waals surface area contributed by atoms with Crippen LogP contribution in [0.3, 0.4) is 0 Å². The summed E-state index contributed by atoms with van der Waals surface area (Å²) in [5.41, 5.74) is 1.39. The maximum atomic E-state index is 12.2. The average molecular weight is 414 g/mol. The van der Waals surface area contributed by atoms with E-state index in [1.54, 1.807) is 41.3 Å². The lowest BCUT2D eigenvalue weighted by Gasteiger charge is -2.34. The molecule has 0 spiro atoms. The van der Waals surface area contributed by atoms with Crippen molar-refractivity contribution >= 4 is 11.9 Å². The molecule has 2 aromatic carbocycles. The number of cyclic esters (lactones) is 1. The van der Waals surface area contributed by atoms with Crippen molar-refractivity contribution in [3.05, 3.63) is 59.7 Å². The summed E-state index contributed by atoms with van der Waals surface area (Å²) in [5.74, 6) is -0.463. The van der Waals surface area contributed by atoms with E-state index in [1.165, 1.54) is 7.11 Å². The Labute approximate surface area is 175 Å². The van der Waals surface area contributed by atoms with Crippen molar-refractivity contribution in [3.63, 3.8) is 0 Å². The molecule has 0 amide bonds. The molecule has 2 N–H and O–H groups in total. The van der Waals surface area contributed by atoms with Crippen molar-refractivity contribution in [3.8, 4) is 11.5 Å². The highest BCUT2D eigenvalue weighted by molar-refractivity contribution is 5.73. The van der Waals surface area contributed by atoms with Crippen LogP contribution in [0.2, 0.25) is 0 Å². The molecule has 8 nitrogen and oxygen atoms in total. The van der Waals surface area contributed by atoms with Crippen LogP contribution >= 0.6 is 0 Å². The molecule has 1 aliphatic rings. The Bertz CT molecular complexity index is 887. The highest BCUT2D eigenvalue weighted by Crippen LogP contribution is 2.21. The first-order valence-electron chi connectivity index (χ1n) is 9.69. The number of aromatic hydroxyl groups is 2. The highest BCUT2D eigenvalue weighted by atomic mass is 16.5. The number of carbonyl (C=O) groups is 2. The van der Waals surface area contributed by atoms with Crippen LogP contribution in [0.5, 0.6) is 11.5 Å². The van der Waals surface area contributed by atoms with Crippen LogP contribution in [-0.4, -0.2) is 71.3 Å². The predicted molar refractivity (Wildman–Crippen MR) is 109 cm³/mol. The van der Waals surface area contributed by atoms with Gasteiger partial charge in [-0.05, 0) is 12.1 Å². The summed E-state index contributed by atoms with van der Waals surface area (Å²) < 4.78 is 10.3. The van der Waals surface area contributed by atoms with Gasteiger partial charge in [-0.15, -0.1) is 0 Å². The van der Waals surface area contributed by atoms with Gasteiger partial charge < -0.3 is 19.7 Å². The summed E-state index contributed by atoms with van der Waals surface area (Å²) in [6.45, 7) is 1.59. The summed E-state index contributed by atoms with van der Waals surface area (Å²) in [4.78, 5) is 27.7. The van der Waals surface area contributed by atoms with Gasteiger partial charge in [-0.25, -0.2) is 0 Å². The Morgan fingerprint density at radius 2 is 1.77 bits per heavy atom. The van der Waals surface area contributed by atoms with Gasteiger partial charge in [0.25, 0.3) is 0 Å². The SMILES string of the molecule is COC(=O)CN(Cc1ccccc1O)CC1CN(Cc2ccccc2O)CC(=O)O1. The van der Waals surface area contributed by atoms with E-state index >= 15 is 0 Å². The van der Waals surface area contributed by atoms with Gasteiger partial charge in [0.15, 0.2) is 0 Å². The van der Waals surface area contributed by atoms with Gasteiger partial charge in [-0.2, -0.15) is 0 Å². The zero-order valence-electron chi connectivity index (χ0n) is 16.9. The summed E-state index contributed by atoms with van der Waals surface area (Å²) in [6, 6.07) is 13.9. The third kappa shape index (κ3) is 5.95. The fourth-order valence-electron chi connectivity index (χ4n) is 3.50. The Morgan fingerprint density at radius 3 is 2.40 bits per heavy atom. The van der Waals surface area contributed by atoms with Gasteiger partial charge in [-0.1, -0.05) is 36.4 Å². The van der Waals surface area contributed by atoms with E-state index in [1.807, 2.05) is 17.0 Å². The fourth-order valence-corrected chi connectivity index (χ4v) is 3.50. The number of ether oxygens (including phenoxy) is 2. The van der Waals surface area contributed by atoms with Crippen LogP contribution in [0.25, 0.3) is 0 Å². The molecule has 160 valence electrons. The predicted octanol–water partition coefficient (Wildman–Crippen LogP) is 1.50. The number of phenolic OH excluding ortho intramolecular Hbond substituents is 2. The number of carbonyl (C=O) groups excluding carboxylic acids is 2. The molecule has 0 aromatic heterocycles. The van der Waals surface area contributed by atoms with E-state index in [2.05, 4.69) is 0 Å². The molecule has 8 heteroatoms. The van der Waals surface area contributed by atoms with Crippen LogP contribution < -0.4 is 0 Å². The van der Waals surface area contributed by atoms with Gasteiger partial charge >= 0.3 is 11.9 Å². The number of para-hydroxylation sites is 2. The Hall–Kier alpha value is -3.10. The molecule has 0 saturated carbocycles. The number of benzene rings is 2. The second-order valence-electron chi connectivity index (χ2n) is 7.28. The largest absolute Gasteiger partial charge is 0.508 e. The van der Waals surface area contributed by atoms with Crippen molar-refractivity contribution in [2.75, 3.05) is 33.3 Å². The second kappa shape index (κ2) is 10.1. The molecule has 0 aliphatic carbocycles. The number of hydrogen-bond acceptors (Lipinski definition) is 8. The van der Waals surface area contributed by atoms with Gasteiger partial charge in [0.2, 0.25) is 0 Å². The van der Waals surface area contributed by atoms with Crippen LogP contribution in [0.1, 0.15) is 11.1 Å². The number of phenols is 2. The first-order valence-corrected chi connectivity index (χ1v) is 9.69. The molecule has 30 heavy (non-hydrogen) atoms. The van der Waals surface area contributed by atoms with E-state index in [-0.39, 0.29) is 30.6 Å². The van der Waals surface area contributed by atoms with Crippen LogP contribution in [0.4, 0.5) is 0 Å². The third-order valence-corrected chi connectivity index (χ3v) is 4.93. The minimum absolute atomic E-state index is 0.00163. The molecule has 1 heterocycles. The fraction of sp³-hybridized carbons (Fsp3) is 0.364. The average Bonchev–Trinajstić information content (AvgIpc) is 2.71. The molecule has 1 fully saturated rings. The topological polar surface area (TPSA) is 99.5 Å². The highest BCUT2D eigenvalue weighted by Gasteiger charge is 2.29. The van der Waals surface area contributed by atoms with Crippen LogP contribution in [-0.2, 0) is 32.2 Å². The lowest BCUT2D eigenvalue weighted by atomic mass is 10.1. The van der Waals surface area contributed by atoms with Crippen molar-refractivity contribution in [2.45, 2.75) is 19.2 Å². The zero-order valence-corrected chi connectivity index (χ0v) is 16.9. The minimum Gasteiger partial charge on any atom is -0.508 e. The van der Waals surface area contributed by atoms with Crippen molar-refractivity contribution < 1.29 is 29.3 Å². The van der Waals surface area contributed by atoms with Crippen LogP contribution in [0.15, 0.2) is 48.5 Å². The number of esters is 2. The molecule has 0 bridgehead atoms. The number of methoxy groups -OCH3 is 1. The van der Waals surface area contributed by atoms with E-state index in [4.69, 9.17) is 9.47 Å². The molecule has 1 aliphatic heterocycles. The third-order valence-electron chi connectivity index (χ3n) is 4.93. The van der Waals surface area contributed by atoms with Gasteiger partial charge in [-0.3, -0.25) is 19.4 Å². The normalized spacial score (nSPS) is 17.0. The van der Waals surface area contributed by atoms with Gasteiger partial charge in [0, 0.05) is 37.3 Å². The van der Waals surface area contributed by atoms with Gasteiger partial charge in [0.05, 0.1) is 20.2 Å². The number of nitrogens with zero attached hydrogens (tertiary/aromatic N) is 2. The maximum Gasteiger partial charge on any atom is 0.320 e. The van der Waals surface area contributed by atoms with Crippen molar-refractivity contribution in [2.24, 2.45) is 0 Å². The van der Waals surface area contributed by atoms with Crippen molar-refractivity contribution in [1.29, 1.82) is 0 Å². The minimum atomic E-state index is -0.465.